The van der Waals surface area contributed by atoms with E-state index in [0.29, 0.717) is 22.5 Å². The van der Waals surface area contributed by atoms with Gasteiger partial charge in [-0.1, -0.05) is 0 Å². The molecule has 1 heterocycles. The van der Waals surface area contributed by atoms with Crippen LogP contribution in [0, 0.1) is 5.41 Å². The quantitative estimate of drug-likeness (QED) is 0.385. The van der Waals surface area contributed by atoms with E-state index in [1.54, 1.807) is 48.8 Å². The van der Waals surface area contributed by atoms with Gasteiger partial charge in [0.25, 0.3) is 0 Å². The standard InChI is InChI=1S/C17H17N5O/c18-9-13(10-19)16-7-8-21-11-12(16)1-6-17(23)22-15-4-2-14(20)3-5-15/h1-11,18H,19-20H2,(H,22,23)/b6-1+,13-10?,18-9?. The van der Waals surface area contributed by atoms with Crippen molar-refractivity contribution in [1.29, 1.82) is 5.41 Å². The maximum absolute atomic E-state index is 12.0. The number of nitrogens with two attached hydrogens (primary N) is 2. The lowest BCUT2D eigenvalue weighted by atomic mass is 10.0. The van der Waals surface area contributed by atoms with E-state index in [1.165, 1.54) is 12.3 Å². The lowest BCUT2D eigenvalue weighted by Gasteiger charge is -2.05. The monoisotopic (exact) mass is 307 g/mol. The number of allylic oxidation sites excluding steroid dienone is 1. The summed E-state index contributed by atoms with van der Waals surface area (Å²) in [5.74, 6) is -0.280. The third-order valence-electron chi connectivity index (χ3n) is 3.09. The number of hydrogen-bond acceptors (Lipinski definition) is 5. The van der Waals surface area contributed by atoms with Crippen LogP contribution in [0.1, 0.15) is 11.1 Å². The molecule has 0 bridgehead atoms. The second-order valence-electron chi connectivity index (χ2n) is 4.67. The molecule has 1 aromatic heterocycles. The molecule has 0 aliphatic carbocycles. The summed E-state index contributed by atoms with van der Waals surface area (Å²) in [6.07, 6.45) is 8.73. The molecule has 2 rings (SSSR count). The summed E-state index contributed by atoms with van der Waals surface area (Å²) in [7, 11) is 0. The van der Waals surface area contributed by atoms with E-state index < -0.39 is 0 Å². The predicted molar refractivity (Wildman–Crippen MR) is 93.7 cm³/mol. The Labute approximate surface area is 134 Å². The first-order valence-electron chi connectivity index (χ1n) is 6.85. The molecule has 116 valence electrons. The van der Waals surface area contributed by atoms with E-state index in [-0.39, 0.29) is 5.91 Å². The van der Waals surface area contributed by atoms with Crippen LogP contribution in [0.3, 0.4) is 0 Å². The Bertz CT molecular complexity index is 763. The molecular formula is C17H17N5O. The van der Waals surface area contributed by atoms with Crippen molar-refractivity contribution in [3.63, 3.8) is 0 Å². The minimum Gasteiger partial charge on any atom is -0.404 e. The average Bonchev–Trinajstić information content (AvgIpc) is 2.57. The van der Waals surface area contributed by atoms with Crippen molar-refractivity contribution in [2.45, 2.75) is 0 Å². The van der Waals surface area contributed by atoms with Crippen molar-refractivity contribution >= 4 is 35.1 Å². The number of anilines is 2. The molecule has 6 nitrogen and oxygen atoms in total. The lowest BCUT2D eigenvalue weighted by molar-refractivity contribution is -0.111. The van der Waals surface area contributed by atoms with Crippen LogP contribution in [0.2, 0.25) is 0 Å². The van der Waals surface area contributed by atoms with E-state index in [0.717, 1.165) is 11.8 Å². The second-order valence-corrected chi connectivity index (χ2v) is 4.67. The maximum Gasteiger partial charge on any atom is 0.248 e. The summed E-state index contributed by atoms with van der Waals surface area (Å²) in [4.78, 5) is 16.0. The van der Waals surface area contributed by atoms with E-state index in [1.807, 2.05) is 0 Å². The molecule has 0 spiro atoms. The van der Waals surface area contributed by atoms with Crippen LogP contribution in [0.15, 0.2) is 55.0 Å². The van der Waals surface area contributed by atoms with Crippen molar-refractivity contribution in [2.75, 3.05) is 11.1 Å². The molecular weight excluding hydrogens is 290 g/mol. The van der Waals surface area contributed by atoms with E-state index >= 15 is 0 Å². The van der Waals surface area contributed by atoms with Crippen LogP contribution in [-0.2, 0) is 4.79 Å². The number of aromatic nitrogens is 1. The van der Waals surface area contributed by atoms with Crippen LogP contribution < -0.4 is 16.8 Å². The normalized spacial score (nSPS) is 11.4. The summed E-state index contributed by atoms with van der Waals surface area (Å²) >= 11 is 0. The molecule has 0 aliphatic heterocycles. The van der Waals surface area contributed by atoms with Crippen LogP contribution in [0.5, 0.6) is 0 Å². The number of hydrogen-bond donors (Lipinski definition) is 4. The van der Waals surface area contributed by atoms with Crippen LogP contribution in [0.4, 0.5) is 11.4 Å². The number of amides is 1. The zero-order valence-electron chi connectivity index (χ0n) is 12.4. The van der Waals surface area contributed by atoms with Gasteiger partial charge in [-0.05, 0) is 42.0 Å². The van der Waals surface area contributed by atoms with Gasteiger partial charge >= 0.3 is 0 Å². The van der Waals surface area contributed by atoms with Crippen molar-refractivity contribution in [3.05, 3.63) is 66.1 Å². The average molecular weight is 307 g/mol. The van der Waals surface area contributed by atoms with Gasteiger partial charge in [0.2, 0.25) is 5.91 Å². The molecule has 6 N–H and O–H groups in total. The summed E-state index contributed by atoms with van der Waals surface area (Å²) in [5, 5.41) is 10.1. The van der Waals surface area contributed by atoms with Gasteiger partial charge < -0.3 is 22.2 Å². The van der Waals surface area contributed by atoms with Gasteiger partial charge in [-0.15, -0.1) is 0 Å². The Hall–Kier alpha value is -3.41. The van der Waals surface area contributed by atoms with Gasteiger partial charge in [0, 0.05) is 53.4 Å². The maximum atomic E-state index is 12.0. The number of pyridine rings is 1. The smallest absolute Gasteiger partial charge is 0.248 e. The Kier molecular flexibility index (Phi) is 5.25. The van der Waals surface area contributed by atoms with Crippen molar-refractivity contribution < 1.29 is 4.79 Å². The third-order valence-corrected chi connectivity index (χ3v) is 3.09. The fraction of sp³-hybridized carbons (Fsp3) is 0. The second kappa shape index (κ2) is 7.56. The Morgan fingerprint density at radius 3 is 2.61 bits per heavy atom. The van der Waals surface area contributed by atoms with Gasteiger partial charge in [0.05, 0.1) is 0 Å². The molecule has 2 aromatic rings. The molecule has 6 heteroatoms. The molecule has 0 saturated heterocycles. The number of carbonyl (C=O) groups is 1. The molecule has 0 aliphatic rings. The SMILES string of the molecule is N=CC(=CN)c1ccncc1/C=C/C(=O)Nc1ccc(N)cc1. The number of carbonyl (C=O) groups excluding carboxylic acids is 1. The zero-order valence-corrected chi connectivity index (χ0v) is 12.4. The molecule has 1 aromatic carbocycles. The molecule has 0 radical (unpaired) electrons. The fourth-order valence-electron chi connectivity index (χ4n) is 1.93. The Balaban J connectivity index is 2.15. The minimum atomic E-state index is -0.280. The summed E-state index contributed by atoms with van der Waals surface area (Å²) < 4.78 is 0. The molecule has 0 unspecified atom stereocenters. The van der Waals surface area contributed by atoms with Crippen LogP contribution >= 0.6 is 0 Å². The van der Waals surface area contributed by atoms with Crippen molar-refractivity contribution in [3.8, 4) is 0 Å². The summed E-state index contributed by atoms with van der Waals surface area (Å²) in [6, 6.07) is 8.60. The van der Waals surface area contributed by atoms with Crippen LogP contribution in [0.25, 0.3) is 11.6 Å². The zero-order chi connectivity index (χ0) is 16.7. The van der Waals surface area contributed by atoms with Crippen molar-refractivity contribution in [2.24, 2.45) is 5.73 Å². The number of nitrogens with one attached hydrogen (secondary N) is 2. The number of rotatable bonds is 5. The third kappa shape index (κ3) is 4.28. The first-order chi connectivity index (χ1) is 11.1. The first kappa shape index (κ1) is 16.0. The number of benzene rings is 1. The molecule has 23 heavy (non-hydrogen) atoms. The fourth-order valence-corrected chi connectivity index (χ4v) is 1.93. The van der Waals surface area contributed by atoms with E-state index in [2.05, 4.69) is 10.3 Å². The van der Waals surface area contributed by atoms with Gasteiger partial charge in [0.15, 0.2) is 0 Å². The topological polar surface area (TPSA) is 118 Å². The molecule has 0 fully saturated rings. The highest BCUT2D eigenvalue weighted by molar-refractivity contribution is 6.10. The Morgan fingerprint density at radius 1 is 1.22 bits per heavy atom. The minimum absolute atomic E-state index is 0.280. The van der Waals surface area contributed by atoms with Crippen molar-refractivity contribution in [1.82, 2.24) is 4.98 Å². The van der Waals surface area contributed by atoms with Gasteiger partial charge in [-0.3, -0.25) is 9.78 Å². The lowest BCUT2D eigenvalue weighted by Crippen LogP contribution is -2.07. The molecule has 1 amide bonds. The largest absolute Gasteiger partial charge is 0.404 e. The predicted octanol–water partition coefficient (Wildman–Crippen LogP) is 2.26. The van der Waals surface area contributed by atoms with Gasteiger partial charge in [-0.25, -0.2) is 0 Å². The van der Waals surface area contributed by atoms with Crippen LogP contribution in [-0.4, -0.2) is 17.1 Å². The summed E-state index contributed by atoms with van der Waals surface area (Å²) in [5.41, 5.74) is 14.4. The number of nitrogens with zero attached hydrogens (tertiary/aromatic N) is 1. The van der Waals surface area contributed by atoms with Gasteiger partial charge in [0.1, 0.15) is 0 Å². The summed E-state index contributed by atoms with van der Waals surface area (Å²) in [6.45, 7) is 0. The highest BCUT2D eigenvalue weighted by Gasteiger charge is 2.04. The van der Waals surface area contributed by atoms with Gasteiger partial charge in [-0.2, -0.15) is 0 Å². The van der Waals surface area contributed by atoms with E-state index in [4.69, 9.17) is 16.9 Å². The highest BCUT2D eigenvalue weighted by Crippen LogP contribution is 2.17. The molecule has 0 atom stereocenters. The molecule has 0 saturated carbocycles. The first-order valence-corrected chi connectivity index (χ1v) is 6.85. The highest BCUT2D eigenvalue weighted by atomic mass is 16.1. The Morgan fingerprint density at radius 2 is 1.96 bits per heavy atom. The number of nitrogen functional groups attached to an aromatic ring is 1. The van der Waals surface area contributed by atoms with E-state index in [9.17, 15) is 4.79 Å².